The summed E-state index contributed by atoms with van der Waals surface area (Å²) in [7, 11) is 1.62. The molecule has 0 amide bonds. The Morgan fingerprint density at radius 1 is 1.14 bits per heavy atom. The first-order valence-corrected chi connectivity index (χ1v) is 12.9. The van der Waals surface area contributed by atoms with Gasteiger partial charge in [0, 0.05) is 27.4 Å². The Labute approximate surface area is 219 Å². The Bertz CT molecular complexity index is 1400. The van der Waals surface area contributed by atoms with Crippen LogP contribution in [0.15, 0.2) is 83.3 Å². The van der Waals surface area contributed by atoms with Crippen LogP contribution in [-0.4, -0.2) is 35.4 Å². The molecule has 2 heterocycles. The van der Waals surface area contributed by atoms with E-state index in [0.29, 0.717) is 30.8 Å². The Morgan fingerprint density at radius 3 is 2.64 bits per heavy atom. The molecule has 4 aromatic rings. The number of methoxy groups -OCH3 is 1. The number of pyridine rings is 1. The molecule has 182 valence electrons. The van der Waals surface area contributed by atoms with E-state index in [9.17, 15) is 10.4 Å². The maximum Gasteiger partial charge on any atom is 0.217 e. The van der Waals surface area contributed by atoms with Crippen molar-refractivity contribution in [2.75, 3.05) is 13.7 Å². The van der Waals surface area contributed by atoms with Crippen molar-refractivity contribution in [2.45, 2.75) is 36.8 Å². The van der Waals surface area contributed by atoms with Crippen molar-refractivity contribution in [1.82, 2.24) is 10.3 Å². The fourth-order valence-electron chi connectivity index (χ4n) is 5.44. The minimum Gasteiger partial charge on any atom is -0.481 e. The van der Waals surface area contributed by atoms with E-state index in [-0.39, 0.29) is 12.0 Å². The minimum absolute atomic E-state index is 0.126. The average Bonchev–Trinajstić information content (AvgIpc) is 2.89. The van der Waals surface area contributed by atoms with Crippen LogP contribution in [0.5, 0.6) is 5.88 Å². The van der Waals surface area contributed by atoms with E-state index in [1.165, 1.54) is 5.56 Å². The zero-order valence-electron chi connectivity index (χ0n) is 20.1. The van der Waals surface area contributed by atoms with Crippen LogP contribution < -0.4 is 10.1 Å². The van der Waals surface area contributed by atoms with Crippen LogP contribution in [0.1, 0.15) is 41.0 Å². The van der Waals surface area contributed by atoms with Gasteiger partial charge in [0.05, 0.1) is 29.9 Å². The summed E-state index contributed by atoms with van der Waals surface area (Å²) in [5, 5.41) is 26.3. The number of piperidine rings is 1. The fraction of sp³-hybridized carbons (Fsp3) is 0.267. The third-order valence-electron chi connectivity index (χ3n) is 7.10. The van der Waals surface area contributed by atoms with E-state index in [0.717, 1.165) is 32.9 Å². The predicted molar refractivity (Wildman–Crippen MR) is 145 cm³/mol. The molecule has 3 atom stereocenters. The maximum atomic E-state index is 12.4. The van der Waals surface area contributed by atoms with Crippen LogP contribution in [-0.2, 0) is 6.42 Å². The number of ether oxygens (including phenoxy) is 1. The molecular formula is C30H28BrN3O2. The third-order valence-corrected chi connectivity index (χ3v) is 7.59. The highest BCUT2D eigenvalue weighted by Crippen LogP contribution is 2.45. The fourth-order valence-corrected chi connectivity index (χ4v) is 5.82. The Balaban J connectivity index is 1.61. The second kappa shape index (κ2) is 10.4. The number of aromatic nitrogens is 1. The van der Waals surface area contributed by atoms with Crippen LogP contribution >= 0.6 is 15.9 Å². The first-order chi connectivity index (χ1) is 17.5. The van der Waals surface area contributed by atoms with Gasteiger partial charge in [-0.15, -0.1) is 0 Å². The summed E-state index contributed by atoms with van der Waals surface area (Å²) < 4.78 is 6.75. The van der Waals surface area contributed by atoms with Gasteiger partial charge in [-0.2, -0.15) is 5.26 Å². The molecule has 1 aliphatic rings. The summed E-state index contributed by atoms with van der Waals surface area (Å²) in [6.07, 6.45) is 2.00. The van der Waals surface area contributed by atoms with Crippen molar-refractivity contribution in [3.63, 3.8) is 0 Å². The molecule has 36 heavy (non-hydrogen) atoms. The number of hydrogen-bond donors (Lipinski definition) is 2. The van der Waals surface area contributed by atoms with E-state index in [1.54, 1.807) is 7.11 Å². The molecule has 1 aliphatic heterocycles. The Kier molecular flexibility index (Phi) is 7.06. The Hall–Kier alpha value is -3.24. The summed E-state index contributed by atoms with van der Waals surface area (Å²) in [5.41, 5.74) is 3.40. The van der Waals surface area contributed by atoms with Gasteiger partial charge in [0.25, 0.3) is 0 Å². The SMILES string of the molecule is COc1nc2ccc(Br)cc2cc1C(c1ccc(C#N)cc1)C1(O)CCNC(Cc2ccccc2)C1. The molecule has 5 rings (SSSR count). The van der Waals surface area contributed by atoms with Gasteiger partial charge in [-0.05, 0) is 73.3 Å². The molecule has 3 unspecified atom stereocenters. The van der Waals surface area contributed by atoms with Gasteiger partial charge in [0.2, 0.25) is 5.88 Å². The number of aliphatic hydroxyl groups is 1. The normalized spacial score (nSPS) is 20.6. The summed E-state index contributed by atoms with van der Waals surface area (Å²) in [6, 6.07) is 28.2. The van der Waals surface area contributed by atoms with Gasteiger partial charge in [0.1, 0.15) is 0 Å². The highest BCUT2D eigenvalue weighted by atomic mass is 79.9. The van der Waals surface area contributed by atoms with Crippen molar-refractivity contribution in [1.29, 1.82) is 5.26 Å². The second-order valence-electron chi connectivity index (χ2n) is 9.49. The number of halogens is 1. The zero-order chi connectivity index (χ0) is 25.1. The molecule has 2 N–H and O–H groups in total. The van der Waals surface area contributed by atoms with E-state index < -0.39 is 5.60 Å². The van der Waals surface area contributed by atoms with Crippen LogP contribution in [0.3, 0.4) is 0 Å². The molecule has 5 nitrogen and oxygen atoms in total. The molecule has 0 spiro atoms. The monoisotopic (exact) mass is 541 g/mol. The van der Waals surface area contributed by atoms with Gasteiger partial charge in [-0.3, -0.25) is 0 Å². The summed E-state index contributed by atoms with van der Waals surface area (Å²) in [5.74, 6) is 0.127. The second-order valence-corrected chi connectivity index (χ2v) is 10.4. The standard InChI is InChI=1S/C30H28BrN3O2/c1-36-29-26(17-23-16-24(31)11-12-27(23)34-29)28(22-9-7-21(19-32)8-10-22)30(35)13-14-33-25(18-30)15-20-5-3-2-4-6-20/h2-12,16-17,25,28,33,35H,13-15,18H2,1H3. The average molecular weight is 542 g/mol. The molecule has 0 aliphatic carbocycles. The quantitative estimate of drug-likeness (QED) is 0.325. The number of rotatable bonds is 6. The van der Waals surface area contributed by atoms with Crippen LogP contribution in [0.4, 0.5) is 0 Å². The van der Waals surface area contributed by atoms with Gasteiger partial charge < -0.3 is 15.2 Å². The number of nitrogens with one attached hydrogen (secondary N) is 1. The minimum atomic E-state index is -1.03. The summed E-state index contributed by atoms with van der Waals surface area (Å²) in [4.78, 5) is 4.81. The molecular weight excluding hydrogens is 514 g/mol. The molecule has 0 radical (unpaired) electrons. The molecule has 3 aromatic carbocycles. The van der Waals surface area contributed by atoms with E-state index in [1.807, 2.05) is 60.7 Å². The van der Waals surface area contributed by atoms with Gasteiger partial charge in [0.15, 0.2) is 0 Å². The summed E-state index contributed by atoms with van der Waals surface area (Å²) >= 11 is 3.57. The van der Waals surface area contributed by atoms with Crippen molar-refractivity contribution in [2.24, 2.45) is 0 Å². The van der Waals surface area contributed by atoms with Crippen LogP contribution in [0, 0.1) is 11.3 Å². The van der Waals surface area contributed by atoms with Crippen molar-refractivity contribution in [3.8, 4) is 11.9 Å². The van der Waals surface area contributed by atoms with Crippen molar-refractivity contribution in [3.05, 3.63) is 106 Å². The lowest BCUT2D eigenvalue weighted by atomic mass is 9.70. The Morgan fingerprint density at radius 2 is 1.92 bits per heavy atom. The number of nitriles is 1. The number of hydrogen-bond acceptors (Lipinski definition) is 5. The predicted octanol–water partition coefficient (Wildman–Crippen LogP) is 5.74. The smallest absolute Gasteiger partial charge is 0.217 e. The van der Waals surface area contributed by atoms with Crippen molar-refractivity contribution >= 4 is 26.8 Å². The maximum absolute atomic E-state index is 12.4. The lowest BCUT2D eigenvalue weighted by Crippen LogP contribution is -2.52. The molecule has 6 heteroatoms. The first-order valence-electron chi connectivity index (χ1n) is 12.1. The number of nitrogens with zero attached hydrogens (tertiary/aromatic N) is 2. The molecule has 1 aromatic heterocycles. The van der Waals surface area contributed by atoms with Gasteiger partial charge in [-0.1, -0.05) is 58.4 Å². The third kappa shape index (κ3) is 5.01. The molecule has 0 saturated carbocycles. The molecule has 1 saturated heterocycles. The van der Waals surface area contributed by atoms with E-state index in [4.69, 9.17) is 9.72 Å². The highest BCUT2D eigenvalue weighted by Gasteiger charge is 2.44. The lowest BCUT2D eigenvalue weighted by molar-refractivity contribution is -0.0191. The van der Waals surface area contributed by atoms with Gasteiger partial charge in [-0.25, -0.2) is 4.98 Å². The van der Waals surface area contributed by atoms with Crippen LogP contribution in [0.25, 0.3) is 10.9 Å². The number of fused-ring (bicyclic) bond motifs is 1. The molecule has 0 bridgehead atoms. The topological polar surface area (TPSA) is 78.2 Å². The van der Waals surface area contributed by atoms with E-state index in [2.05, 4.69) is 45.5 Å². The van der Waals surface area contributed by atoms with Gasteiger partial charge >= 0.3 is 0 Å². The molecule has 1 fully saturated rings. The largest absolute Gasteiger partial charge is 0.481 e. The lowest BCUT2D eigenvalue weighted by Gasteiger charge is -2.43. The summed E-state index contributed by atoms with van der Waals surface area (Å²) in [6.45, 7) is 0.704. The van der Waals surface area contributed by atoms with Crippen LogP contribution in [0.2, 0.25) is 0 Å². The van der Waals surface area contributed by atoms with Crippen molar-refractivity contribution < 1.29 is 9.84 Å². The zero-order valence-corrected chi connectivity index (χ0v) is 21.7. The highest BCUT2D eigenvalue weighted by molar-refractivity contribution is 9.10. The van der Waals surface area contributed by atoms with E-state index >= 15 is 0 Å². The number of benzene rings is 3. The first kappa shape index (κ1) is 24.5.